The Balaban J connectivity index is 1.81. The summed E-state index contributed by atoms with van der Waals surface area (Å²) in [5, 5.41) is 15.4. The molecule has 1 atom stereocenters. The van der Waals surface area contributed by atoms with Crippen LogP contribution >= 0.6 is 0 Å². The maximum atomic E-state index is 5.52. The second kappa shape index (κ2) is 7.76. The highest BCUT2D eigenvalue weighted by atomic mass is 16.5. The first kappa shape index (κ1) is 16.9. The summed E-state index contributed by atoms with van der Waals surface area (Å²) in [6, 6.07) is 18.1. The summed E-state index contributed by atoms with van der Waals surface area (Å²) in [5.41, 5.74) is 2.07. The van der Waals surface area contributed by atoms with Crippen molar-refractivity contribution in [3.05, 3.63) is 60.2 Å². The summed E-state index contributed by atoms with van der Waals surface area (Å²) >= 11 is 0. The third-order valence-electron chi connectivity index (χ3n) is 4.15. The molecule has 0 aliphatic heterocycles. The first-order valence-electron chi connectivity index (χ1n) is 8.21. The van der Waals surface area contributed by atoms with Crippen molar-refractivity contribution in [2.24, 2.45) is 0 Å². The number of nitrogens with one attached hydrogen (secondary N) is 2. The van der Waals surface area contributed by atoms with Gasteiger partial charge in [0.2, 0.25) is 5.95 Å². The number of nitrogens with zero attached hydrogens (tertiary/aromatic N) is 4. The Labute approximate surface area is 147 Å². The molecular formula is C18H23N6O+. The van der Waals surface area contributed by atoms with E-state index in [9.17, 15) is 0 Å². The van der Waals surface area contributed by atoms with Crippen LogP contribution in [0.1, 0.15) is 11.6 Å². The second-order valence-corrected chi connectivity index (χ2v) is 6.00. The Morgan fingerprint density at radius 3 is 2.52 bits per heavy atom. The highest BCUT2D eigenvalue weighted by Crippen LogP contribution is 2.23. The van der Waals surface area contributed by atoms with Gasteiger partial charge in [-0.2, -0.15) is 4.68 Å². The molecule has 1 aromatic heterocycles. The summed E-state index contributed by atoms with van der Waals surface area (Å²) < 4.78 is 7.22. The monoisotopic (exact) mass is 339 g/mol. The van der Waals surface area contributed by atoms with Crippen LogP contribution < -0.4 is 15.0 Å². The van der Waals surface area contributed by atoms with Gasteiger partial charge in [0.05, 0.1) is 39.0 Å². The number of ether oxygens (including phenoxy) is 1. The topological polar surface area (TPSA) is 69.3 Å². The van der Waals surface area contributed by atoms with Crippen LogP contribution in [0.3, 0.4) is 0 Å². The van der Waals surface area contributed by atoms with E-state index < -0.39 is 0 Å². The molecule has 0 saturated carbocycles. The predicted molar refractivity (Wildman–Crippen MR) is 96.2 cm³/mol. The number of methoxy groups -OCH3 is 1. The molecule has 3 rings (SSSR count). The summed E-state index contributed by atoms with van der Waals surface area (Å²) in [6.45, 7) is 0.677. The standard InChI is InChI=1S/C18H22N6O/c1-23(2)16(15-11-7-8-12-17(15)25-3)13-19-18-20-21-22-24(18)14-9-5-4-6-10-14/h4-12,16H,13H2,1-3H3,(H,19,20,22)/p+1/t16-/m1/s1. The summed E-state index contributed by atoms with van der Waals surface area (Å²) in [4.78, 5) is 1.29. The normalized spacial score (nSPS) is 12.2. The molecule has 0 aliphatic rings. The molecule has 0 radical (unpaired) electrons. The van der Waals surface area contributed by atoms with Crippen LogP contribution in [0.2, 0.25) is 0 Å². The molecule has 1 heterocycles. The quantitative estimate of drug-likeness (QED) is 0.671. The number of hydrogen-bond donors (Lipinski definition) is 2. The predicted octanol–water partition coefficient (Wildman–Crippen LogP) is 0.969. The number of anilines is 1. The first-order chi connectivity index (χ1) is 12.2. The molecule has 0 unspecified atom stereocenters. The number of aromatic nitrogens is 4. The van der Waals surface area contributed by atoms with Gasteiger partial charge in [0.15, 0.2) is 0 Å². The maximum Gasteiger partial charge on any atom is 0.247 e. The minimum atomic E-state index is 0.192. The molecule has 130 valence electrons. The molecule has 0 spiro atoms. The van der Waals surface area contributed by atoms with Crippen molar-refractivity contribution in [2.45, 2.75) is 6.04 Å². The number of para-hydroxylation sites is 2. The van der Waals surface area contributed by atoms with E-state index >= 15 is 0 Å². The lowest BCUT2D eigenvalue weighted by atomic mass is 10.0. The van der Waals surface area contributed by atoms with Gasteiger partial charge in [-0.15, -0.1) is 0 Å². The molecule has 2 N–H and O–H groups in total. The van der Waals surface area contributed by atoms with Crippen LogP contribution in [0.5, 0.6) is 5.75 Å². The van der Waals surface area contributed by atoms with Crippen LogP contribution in [0.15, 0.2) is 54.6 Å². The summed E-state index contributed by atoms with van der Waals surface area (Å²) in [6.07, 6.45) is 0. The van der Waals surface area contributed by atoms with Crippen molar-refractivity contribution >= 4 is 5.95 Å². The largest absolute Gasteiger partial charge is 0.496 e. The zero-order valence-corrected chi connectivity index (χ0v) is 14.7. The Kier molecular flexibility index (Phi) is 5.25. The van der Waals surface area contributed by atoms with Crippen molar-refractivity contribution in [3.63, 3.8) is 0 Å². The molecule has 7 nitrogen and oxygen atoms in total. The maximum absolute atomic E-state index is 5.52. The van der Waals surface area contributed by atoms with Crippen LogP contribution in [-0.2, 0) is 0 Å². The Morgan fingerprint density at radius 2 is 1.80 bits per heavy atom. The van der Waals surface area contributed by atoms with Gasteiger partial charge in [0, 0.05) is 0 Å². The lowest BCUT2D eigenvalue weighted by Gasteiger charge is -2.23. The van der Waals surface area contributed by atoms with Crippen LogP contribution in [0.4, 0.5) is 5.95 Å². The average Bonchev–Trinajstić information content (AvgIpc) is 3.11. The van der Waals surface area contributed by atoms with Crippen LogP contribution in [0, 0.1) is 0 Å². The zero-order valence-electron chi connectivity index (χ0n) is 14.7. The van der Waals surface area contributed by atoms with Crippen molar-refractivity contribution in [1.29, 1.82) is 0 Å². The van der Waals surface area contributed by atoms with E-state index in [1.807, 2.05) is 48.5 Å². The van der Waals surface area contributed by atoms with Gasteiger partial charge >= 0.3 is 0 Å². The van der Waals surface area contributed by atoms with Gasteiger partial charge in [-0.3, -0.25) is 0 Å². The van der Waals surface area contributed by atoms with Gasteiger partial charge < -0.3 is 15.0 Å². The summed E-state index contributed by atoms with van der Waals surface area (Å²) in [7, 11) is 5.95. The Bertz CT molecular complexity index is 802. The molecule has 0 fully saturated rings. The summed E-state index contributed by atoms with van der Waals surface area (Å²) in [5.74, 6) is 1.51. The van der Waals surface area contributed by atoms with E-state index in [-0.39, 0.29) is 6.04 Å². The van der Waals surface area contributed by atoms with Gasteiger partial charge in [0.1, 0.15) is 11.8 Å². The molecule has 0 amide bonds. The second-order valence-electron chi connectivity index (χ2n) is 6.00. The molecule has 3 aromatic rings. The van der Waals surface area contributed by atoms with Crippen molar-refractivity contribution in [3.8, 4) is 11.4 Å². The molecular weight excluding hydrogens is 316 g/mol. The number of hydrogen-bond acceptors (Lipinski definition) is 5. The molecule has 0 saturated heterocycles. The first-order valence-corrected chi connectivity index (χ1v) is 8.21. The van der Waals surface area contributed by atoms with Crippen LogP contribution in [-0.4, -0.2) is 48.0 Å². The van der Waals surface area contributed by atoms with Gasteiger partial charge in [-0.25, -0.2) is 0 Å². The molecule has 25 heavy (non-hydrogen) atoms. The fourth-order valence-corrected chi connectivity index (χ4v) is 2.81. The Morgan fingerprint density at radius 1 is 1.08 bits per heavy atom. The number of likely N-dealkylation sites (N-methyl/N-ethyl adjacent to an activating group) is 1. The van der Waals surface area contributed by atoms with Crippen molar-refractivity contribution < 1.29 is 9.64 Å². The van der Waals surface area contributed by atoms with E-state index in [0.29, 0.717) is 12.5 Å². The highest BCUT2D eigenvalue weighted by molar-refractivity contribution is 5.40. The highest BCUT2D eigenvalue weighted by Gasteiger charge is 2.22. The Hall–Kier alpha value is -2.93. The SMILES string of the molecule is COc1ccccc1[C@@H](CNc1nnnn1-c1ccccc1)[NH+](C)C. The molecule has 0 bridgehead atoms. The number of quaternary nitrogens is 1. The van der Waals surface area contributed by atoms with Gasteiger partial charge in [0.25, 0.3) is 0 Å². The van der Waals surface area contributed by atoms with Crippen LogP contribution in [0.25, 0.3) is 5.69 Å². The van der Waals surface area contributed by atoms with Crippen molar-refractivity contribution in [1.82, 2.24) is 20.2 Å². The average molecular weight is 339 g/mol. The van der Waals surface area contributed by atoms with E-state index in [0.717, 1.165) is 17.0 Å². The van der Waals surface area contributed by atoms with Gasteiger partial charge in [-0.1, -0.05) is 35.4 Å². The fraction of sp³-hybridized carbons (Fsp3) is 0.278. The smallest absolute Gasteiger partial charge is 0.247 e. The zero-order chi connectivity index (χ0) is 17.6. The molecule has 7 heteroatoms. The lowest BCUT2D eigenvalue weighted by Crippen LogP contribution is -3.06. The van der Waals surface area contributed by atoms with Crippen molar-refractivity contribution in [2.75, 3.05) is 33.1 Å². The molecule has 2 aromatic carbocycles. The van der Waals surface area contributed by atoms with E-state index in [1.54, 1.807) is 11.8 Å². The lowest BCUT2D eigenvalue weighted by molar-refractivity contribution is -0.890. The third-order valence-corrected chi connectivity index (χ3v) is 4.15. The number of tetrazole rings is 1. The van der Waals surface area contributed by atoms with E-state index in [1.165, 1.54) is 4.90 Å². The fourth-order valence-electron chi connectivity index (χ4n) is 2.81. The molecule has 0 aliphatic carbocycles. The number of rotatable bonds is 7. The minimum Gasteiger partial charge on any atom is -0.496 e. The van der Waals surface area contributed by atoms with Gasteiger partial charge in [-0.05, 0) is 34.7 Å². The minimum absolute atomic E-state index is 0.192. The third kappa shape index (κ3) is 3.77. The van der Waals surface area contributed by atoms with E-state index in [4.69, 9.17) is 4.74 Å². The number of benzene rings is 2. The van der Waals surface area contributed by atoms with E-state index in [2.05, 4.69) is 41.0 Å².